The van der Waals surface area contributed by atoms with Crippen LogP contribution in [0.25, 0.3) is 0 Å². The summed E-state index contributed by atoms with van der Waals surface area (Å²) in [6.07, 6.45) is 0. The van der Waals surface area contributed by atoms with Gasteiger partial charge < -0.3 is 9.80 Å². The molecule has 1 aromatic carbocycles. The van der Waals surface area contributed by atoms with E-state index in [2.05, 4.69) is 9.88 Å². The Bertz CT molecular complexity index is 664. The molecular weight excluding hydrogens is 298 g/mol. The highest BCUT2D eigenvalue weighted by Crippen LogP contribution is 2.16. The number of benzene rings is 1. The zero-order chi connectivity index (χ0) is 15.5. The molecule has 1 fully saturated rings. The van der Waals surface area contributed by atoms with Gasteiger partial charge in [0.15, 0.2) is 0 Å². The fourth-order valence-corrected chi connectivity index (χ4v) is 2.74. The van der Waals surface area contributed by atoms with Crippen molar-refractivity contribution in [2.75, 3.05) is 31.1 Å². The van der Waals surface area contributed by atoms with Crippen LogP contribution >= 0.6 is 11.6 Å². The third-order valence-electron chi connectivity index (χ3n) is 3.86. The Hall–Kier alpha value is -2.07. The molecule has 1 aliphatic heterocycles. The van der Waals surface area contributed by atoms with E-state index in [0.717, 1.165) is 24.6 Å². The number of rotatable bonds is 2. The van der Waals surface area contributed by atoms with Gasteiger partial charge in [0, 0.05) is 42.5 Å². The molecule has 5 heteroatoms. The Morgan fingerprint density at radius 3 is 2.36 bits per heavy atom. The van der Waals surface area contributed by atoms with Crippen LogP contribution in [0.2, 0.25) is 5.02 Å². The van der Waals surface area contributed by atoms with Crippen LogP contribution in [-0.4, -0.2) is 42.0 Å². The van der Waals surface area contributed by atoms with Gasteiger partial charge in [-0.05, 0) is 43.3 Å². The van der Waals surface area contributed by atoms with Gasteiger partial charge in [-0.25, -0.2) is 4.98 Å². The van der Waals surface area contributed by atoms with Gasteiger partial charge >= 0.3 is 0 Å². The van der Waals surface area contributed by atoms with Gasteiger partial charge in [0.2, 0.25) is 0 Å². The summed E-state index contributed by atoms with van der Waals surface area (Å²) in [5, 5.41) is 0.645. The van der Waals surface area contributed by atoms with Gasteiger partial charge in [0.25, 0.3) is 5.91 Å². The summed E-state index contributed by atoms with van der Waals surface area (Å²) in [6.45, 7) is 5.00. The van der Waals surface area contributed by atoms with E-state index < -0.39 is 0 Å². The molecule has 1 aliphatic rings. The van der Waals surface area contributed by atoms with Crippen molar-refractivity contribution in [3.05, 3.63) is 58.7 Å². The fraction of sp³-hybridized carbons (Fsp3) is 0.294. The molecule has 0 spiro atoms. The zero-order valence-electron chi connectivity index (χ0n) is 12.5. The van der Waals surface area contributed by atoms with Gasteiger partial charge in [-0.2, -0.15) is 0 Å². The Balaban J connectivity index is 1.64. The average Bonchev–Trinajstić information content (AvgIpc) is 2.55. The summed E-state index contributed by atoms with van der Waals surface area (Å²) >= 11 is 5.86. The second kappa shape index (κ2) is 6.36. The van der Waals surface area contributed by atoms with Gasteiger partial charge in [0.05, 0.1) is 0 Å². The number of hydrogen-bond donors (Lipinski definition) is 0. The van der Waals surface area contributed by atoms with Crippen molar-refractivity contribution in [3.8, 4) is 0 Å². The molecule has 0 saturated carbocycles. The predicted octanol–water partition coefficient (Wildman–Crippen LogP) is 3.01. The third-order valence-corrected chi connectivity index (χ3v) is 4.11. The highest BCUT2D eigenvalue weighted by Gasteiger charge is 2.22. The molecular formula is C17H18ClN3O. The summed E-state index contributed by atoms with van der Waals surface area (Å²) in [6, 6.07) is 13.1. The summed E-state index contributed by atoms with van der Waals surface area (Å²) in [5.41, 5.74) is 1.70. The monoisotopic (exact) mass is 315 g/mol. The lowest BCUT2D eigenvalue weighted by Crippen LogP contribution is -2.49. The first kappa shape index (κ1) is 14.9. The minimum absolute atomic E-state index is 0.0634. The van der Waals surface area contributed by atoms with Crippen LogP contribution in [0.15, 0.2) is 42.5 Å². The lowest BCUT2D eigenvalue weighted by atomic mass is 10.2. The van der Waals surface area contributed by atoms with Crippen LogP contribution in [0.3, 0.4) is 0 Å². The van der Waals surface area contributed by atoms with E-state index in [1.807, 2.05) is 30.0 Å². The number of nitrogens with zero attached hydrogens (tertiary/aromatic N) is 3. The summed E-state index contributed by atoms with van der Waals surface area (Å²) in [7, 11) is 0. The van der Waals surface area contributed by atoms with Gasteiger partial charge in [0.1, 0.15) is 5.82 Å². The molecule has 1 aromatic heterocycles. The molecule has 2 heterocycles. The van der Waals surface area contributed by atoms with Crippen LogP contribution in [0.4, 0.5) is 5.82 Å². The topological polar surface area (TPSA) is 36.4 Å². The average molecular weight is 316 g/mol. The predicted molar refractivity (Wildman–Crippen MR) is 88.5 cm³/mol. The summed E-state index contributed by atoms with van der Waals surface area (Å²) < 4.78 is 0. The zero-order valence-corrected chi connectivity index (χ0v) is 13.3. The molecule has 0 radical (unpaired) electrons. The second-order valence-corrected chi connectivity index (χ2v) is 5.86. The molecule has 114 valence electrons. The normalized spacial score (nSPS) is 15.0. The van der Waals surface area contributed by atoms with Crippen LogP contribution < -0.4 is 4.90 Å². The quantitative estimate of drug-likeness (QED) is 0.855. The van der Waals surface area contributed by atoms with Crippen LogP contribution in [0.5, 0.6) is 0 Å². The van der Waals surface area contributed by atoms with Crippen molar-refractivity contribution in [2.45, 2.75) is 6.92 Å². The molecule has 0 unspecified atom stereocenters. The van der Waals surface area contributed by atoms with Crippen LogP contribution in [0, 0.1) is 6.92 Å². The van der Waals surface area contributed by atoms with E-state index in [9.17, 15) is 4.79 Å². The highest BCUT2D eigenvalue weighted by molar-refractivity contribution is 6.30. The Kier molecular flexibility index (Phi) is 4.29. The number of aryl methyl sites for hydroxylation is 1. The molecule has 22 heavy (non-hydrogen) atoms. The Morgan fingerprint density at radius 1 is 1.05 bits per heavy atom. The van der Waals surface area contributed by atoms with Crippen molar-refractivity contribution in [1.29, 1.82) is 0 Å². The molecule has 1 saturated heterocycles. The van der Waals surface area contributed by atoms with Crippen LogP contribution in [0.1, 0.15) is 16.1 Å². The molecule has 0 atom stereocenters. The fourth-order valence-electron chi connectivity index (χ4n) is 2.62. The maximum Gasteiger partial charge on any atom is 0.253 e. The molecule has 4 nitrogen and oxygen atoms in total. The lowest BCUT2D eigenvalue weighted by molar-refractivity contribution is 0.0746. The van der Waals surface area contributed by atoms with Crippen molar-refractivity contribution in [2.24, 2.45) is 0 Å². The Morgan fingerprint density at radius 2 is 1.73 bits per heavy atom. The molecule has 1 amide bonds. The van der Waals surface area contributed by atoms with E-state index in [4.69, 9.17) is 11.6 Å². The first-order valence-corrected chi connectivity index (χ1v) is 7.75. The maximum absolute atomic E-state index is 12.5. The number of carbonyl (C=O) groups excluding carboxylic acids is 1. The number of carbonyl (C=O) groups is 1. The number of anilines is 1. The minimum atomic E-state index is 0.0634. The van der Waals surface area contributed by atoms with Crippen LogP contribution in [-0.2, 0) is 0 Å². The van der Waals surface area contributed by atoms with Gasteiger partial charge in [-0.15, -0.1) is 0 Å². The molecule has 2 aromatic rings. The van der Waals surface area contributed by atoms with Crippen molar-refractivity contribution in [1.82, 2.24) is 9.88 Å². The lowest BCUT2D eigenvalue weighted by Gasteiger charge is -2.35. The van der Waals surface area contributed by atoms with E-state index in [1.54, 1.807) is 24.3 Å². The smallest absolute Gasteiger partial charge is 0.253 e. The molecule has 0 bridgehead atoms. The molecule has 0 N–H and O–H groups in total. The van der Waals surface area contributed by atoms with Gasteiger partial charge in [-0.1, -0.05) is 17.7 Å². The van der Waals surface area contributed by atoms with E-state index in [-0.39, 0.29) is 5.91 Å². The van der Waals surface area contributed by atoms with E-state index >= 15 is 0 Å². The van der Waals surface area contributed by atoms with Gasteiger partial charge in [-0.3, -0.25) is 4.79 Å². The first-order chi connectivity index (χ1) is 10.6. The number of pyridine rings is 1. The number of halogens is 1. The standard InChI is InChI=1S/C17H18ClN3O/c1-13-3-2-4-16(19-13)20-9-11-21(12-10-20)17(22)14-5-7-15(18)8-6-14/h2-8H,9-12H2,1H3. The number of piperazine rings is 1. The molecule has 3 rings (SSSR count). The summed E-state index contributed by atoms with van der Waals surface area (Å²) in [4.78, 5) is 21.1. The van der Waals surface area contributed by atoms with Crippen molar-refractivity contribution >= 4 is 23.3 Å². The maximum atomic E-state index is 12.5. The second-order valence-electron chi connectivity index (χ2n) is 5.42. The largest absolute Gasteiger partial charge is 0.353 e. The van der Waals surface area contributed by atoms with Crippen molar-refractivity contribution in [3.63, 3.8) is 0 Å². The Labute approximate surface area is 135 Å². The molecule has 0 aliphatic carbocycles. The van der Waals surface area contributed by atoms with E-state index in [1.165, 1.54) is 0 Å². The van der Waals surface area contributed by atoms with E-state index in [0.29, 0.717) is 23.7 Å². The number of amides is 1. The first-order valence-electron chi connectivity index (χ1n) is 7.37. The number of hydrogen-bond acceptors (Lipinski definition) is 3. The number of aromatic nitrogens is 1. The summed E-state index contributed by atoms with van der Waals surface area (Å²) in [5.74, 6) is 1.05. The third kappa shape index (κ3) is 3.22. The SMILES string of the molecule is Cc1cccc(N2CCN(C(=O)c3ccc(Cl)cc3)CC2)n1. The minimum Gasteiger partial charge on any atom is -0.353 e. The van der Waals surface area contributed by atoms with Crippen molar-refractivity contribution < 1.29 is 4.79 Å². The highest BCUT2D eigenvalue weighted by atomic mass is 35.5.